The molecule has 0 aromatic heterocycles. The van der Waals surface area contributed by atoms with Gasteiger partial charge < -0.3 is 20.4 Å². The largest absolute Gasteiger partial charge is 0.395 e. The fourth-order valence-corrected chi connectivity index (χ4v) is 2.79. The molecule has 0 amide bonds. The molecule has 5 N–H and O–H groups in total. The molecule has 0 spiro atoms. The fraction of sp³-hybridized carbons (Fsp3) is 1.00. The Balaban J connectivity index is 5.06. The third-order valence-corrected chi connectivity index (χ3v) is 4.33. The van der Waals surface area contributed by atoms with Crippen molar-refractivity contribution in [1.29, 1.82) is 0 Å². The second-order valence-corrected chi connectivity index (χ2v) is 7.18. The summed E-state index contributed by atoms with van der Waals surface area (Å²) < 4.78 is 30.4. The van der Waals surface area contributed by atoms with Crippen LogP contribution >= 0.6 is 0 Å². The van der Waals surface area contributed by atoms with E-state index in [0.717, 1.165) is 0 Å². The average molecular weight is 329 g/mol. The quantitative estimate of drug-likeness (QED) is 0.293. The highest BCUT2D eigenvalue weighted by Crippen LogP contribution is 2.24. The van der Waals surface area contributed by atoms with Crippen LogP contribution < -0.4 is 0 Å². The van der Waals surface area contributed by atoms with Crippen LogP contribution in [0.25, 0.3) is 0 Å². The van der Waals surface area contributed by atoms with E-state index in [-0.39, 0.29) is 45.2 Å². The van der Waals surface area contributed by atoms with Crippen LogP contribution in [0.15, 0.2) is 0 Å². The maximum atomic E-state index is 10.8. The van der Waals surface area contributed by atoms with Crippen molar-refractivity contribution in [2.75, 3.05) is 32.9 Å². The van der Waals surface area contributed by atoms with Gasteiger partial charge in [0, 0.05) is 19.5 Å². The minimum absolute atomic E-state index is 0.00461. The maximum Gasteiger partial charge on any atom is 0.292 e. The van der Waals surface area contributed by atoms with Crippen LogP contribution in [0.4, 0.5) is 0 Å². The van der Waals surface area contributed by atoms with Gasteiger partial charge in [0.25, 0.3) is 10.1 Å². The van der Waals surface area contributed by atoms with E-state index in [9.17, 15) is 23.7 Å². The molecule has 1 unspecified atom stereocenters. The number of β-amino-alcohol motifs (C(OH)–C–C–N with tert-alkyl or cyclic N) is 1. The Morgan fingerprint density at radius 2 is 1.62 bits per heavy atom. The Labute approximate surface area is 125 Å². The highest BCUT2D eigenvalue weighted by atomic mass is 32.2. The van der Waals surface area contributed by atoms with Crippen molar-refractivity contribution in [3.63, 3.8) is 0 Å². The first-order valence-corrected chi connectivity index (χ1v) is 8.35. The van der Waals surface area contributed by atoms with Crippen molar-refractivity contribution < 1.29 is 33.4 Å². The molecule has 0 saturated carbocycles. The molecule has 0 heterocycles. The molecule has 0 bridgehead atoms. The Kier molecular flexibility index (Phi) is 8.86. The Morgan fingerprint density at radius 3 is 1.95 bits per heavy atom. The molecule has 0 aliphatic rings. The highest BCUT2D eigenvalue weighted by Gasteiger charge is 2.36. The van der Waals surface area contributed by atoms with Crippen LogP contribution in [0.5, 0.6) is 0 Å². The summed E-state index contributed by atoms with van der Waals surface area (Å²) in [6.07, 6.45) is 0.140. The SMILES string of the molecule is CC(C)CC(CO)(CO)N(CCO)CCC(O)S(=O)(=O)O. The number of hydrogen-bond donors (Lipinski definition) is 5. The summed E-state index contributed by atoms with van der Waals surface area (Å²) in [6, 6.07) is 0. The number of rotatable bonds is 11. The van der Waals surface area contributed by atoms with Gasteiger partial charge in [-0.3, -0.25) is 9.45 Å². The Hall–Kier alpha value is -0.290. The molecule has 1 atom stereocenters. The van der Waals surface area contributed by atoms with Crippen molar-refractivity contribution in [2.45, 2.75) is 37.7 Å². The minimum atomic E-state index is -4.55. The third kappa shape index (κ3) is 6.55. The Bertz CT molecular complexity index is 381. The predicted octanol–water partition coefficient (Wildman–Crippen LogP) is -1.35. The number of nitrogens with zero attached hydrogens (tertiary/aromatic N) is 1. The van der Waals surface area contributed by atoms with Gasteiger partial charge in [-0.05, 0) is 12.3 Å². The van der Waals surface area contributed by atoms with E-state index < -0.39 is 21.1 Å². The van der Waals surface area contributed by atoms with E-state index in [1.165, 1.54) is 0 Å². The lowest BCUT2D eigenvalue weighted by molar-refractivity contribution is -0.0367. The van der Waals surface area contributed by atoms with Gasteiger partial charge in [-0.2, -0.15) is 8.42 Å². The van der Waals surface area contributed by atoms with E-state index in [4.69, 9.17) is 9.66 Å². The minimum Gasteiger partial charge on any atom is -0.395 e. The Morgan fingerprint density at radius 1 is 1.10 bits per heavy atom. The summed E-state index contributed by atoms with van der Waals surface area (Å²) in [6.45, 7) is 2.92. The molecular formula is C12H27NO7S. The lowest BCUT2D eigenvalue weighted by Gasteiger charge is -2.42. The van der Waals surface area contributed by atoms with Crippen LogP contribution in [0.1, 0.15) is 26.7 Å². The van der Waals surface area contributed by atoms with Crippen LogP contribution in [-0.2, 0) is 10.1 Å². The first-order valence-electron chi connectivity index (χ1n) is 6.85. The molecule has 0 aromatic rings. The molecular weight excluding hydrogens is 302 g/mol. The molecule has 21 heavy (non-hydrogen) atoms. The van der Waals surface area contributed by atoms with E-state index in [1.807, 2.05) is 13.8 Å². The standard InChI is InChI=1S/C12H27NO7S/c1-10(2)7-12(8-15,9-16)13(5-6-14)4-3-11(17)21(18,19)20/h10-11,14-17H,3-9H2,1-2H3,(H,18,19,20). The fourth-order valence-electron chi connectivity index (χ4n) is 2.39. The summed E-state index contributed by atoms with van der Waals surface area (Å²) in [7, 11) is -4.55. The van der Waals surface area contributed by atoms with Crippen molar-refractivity contribution in [2.24, 2.45) is 5.92 Å². The topological polar surface area (TPSA) is 139 Å². The second-order valence-electron chi connectivity index (χ2n) is 5.61. The van der Waals surface area contributed by atoms with Crippen LogP contribution in [0, 0.1) is 5.92 Å². The summed E-state index contributed by atoms with van der Waals surface area (Å²) >= 11 is 0. The average Bonchev–Trinajstić information content (AvgIpc) is 2.39. The highest BCUT2D eigenvalue weighted by molar-refractivity contribution is 7.86. The smallest absolute Gasteiger partial charge is 0.292 e. The zero-order valence-electron chi connectivity index (χ0n) is 12.5. The lowest BCUT2D eigenvalue weighted by atomic mass is 9.88. The number of hydrogen-bond acceptors (Lipinski definition) is 7. The molecule has 0 fully saturated rings. The first kappa shape index (κ1) is 20.7. The van der Waals surface area contributed by atoms with E-state index in [2.05, 4.69) is 0 Å². The van der Waals surface area contributed by atoms with Gasteiger partial charge in [0.15, 0.2) is 5.44 Å². The normalized spacial score (nSPS) is 14.9. The molecule has 0 aliphatic carbocycles. The van der Waals surface area contributed by atoms with Gasteiger partial charge in [0.05, 0.1) is 25.4 Å². The summed E-state index contributed by atoms with van der Waals surface area (Å²) in [4.78, 5) is 1.54. The van der Waals surface area contributed by atoms with Gasteiger partial charge in [0.2, 0.25) is 0 Å². The molecule has 0 radical (unpaired) electrons. The molecule has 8 nitrogen and oxygen atoms in total. The molecule has 0 rings (SSSR count). The van der Waals surface area contributed by atoms with Gasteiger partial charge in [0.1, 0.15) is 0 Å². The molecule has 0 saturated heterocycles. The zero-order chi connectivity index (χ0) is 16.7. The summed E-state index contributed by atoms with van der Waals surface area (Å²) in [5.41, 5.74) is -2.96. The van der Waals surface area contributed by atoms with Gasteiger partial charge in [-0.1, -0.05) is 13.8 Å². The maximum absolute atomic E-state index is 10.8. The number of aliphatic hydroxyl groups is 4. The van der Waals surface area contributed by atoms with Crippen molar-refractivity contribution in [3.8, 4) is 0 Å². The van der Waals surface area contributed by atoms with E-state index in [1.54, 1.807) is 4.90 Å². The van der Waals surface area contributed by atoms with Gasteiger partial charge in [-0.15, -0.1) is 0 Å². The zero-order valence-corrected chi connectivity index (χ0v) is 13.3. The monoisotopic (exact) mass is 329 g/mol. The van der Waals surface area contributed by atoms with Crippen LogP contribution in [0.3, 0.4) is 0 Å². The van der Waals surface area contributed by atoms with E-state index >= 15 is 0 Å². The molecule has 0 aliphatic heterocycles. The van der Waals surface area contributed by atoms with Crippen molar-refractivity contribution >= 4 is 10.1 Å². The van der Waals surface area contributed by atoms with Crippen LogP contribution in [-0.4, -0.2) is 82.2 Å². The third-order valence-electron chi connectivity index (χ3n) is 3.41. The van der Waals surface area contributed by atoms with Crippen molar-refractivity contribution in [3.05, 3.63) is 0 Å². The first-order chi connectivity index (χ1) is 9.62. The van der Waals surface area contributed by atoms with Gasteiger partial charge >= 0.3 is 0 Å². The number of aliphatic hydroxyl groups excluding tert-OH is 4. The molecule has 9 heteroatoms. The molecule has 0 aromatic carbocycles. The van der Waals surface area contributed by atoms with Crippen LogP contribution in [0.2, 0.25) is 0 Å². The molecule has 128 valence electrons. The van der Waals surface area contributed by atoms with Crippen molar-refractivity contribution in [1.82, 2.24) is 4.90 Å². The van der Waals surface area contributed by atoms with E-state index in [0.29, 0.717) is 6.42 Å². The summed E-state index contributed by atoms with van der Waals surface area (Å²) in [5, 5.41) is 37.7. The summed E-state index contributed by atoms with van der Waals surface area (Å²) in [5.74, 6) is 0.150. The van der Waals surface area contributed by atoms with Gasteiger partial charge in [-0.25, -0.2) is 0 Å². The lowest BCUT2D eigenvalue weighted by Crippen LogP contribution is -2.56. The predicted molar refractivity (Wildman–Crippen MR) is 77.2 cm³/mol. The second kappa shape index (κ2) is 8.99.